The first-order valence-corrected chi connectivity index (χ1v) is 15.2. The monoisotopic (exact) mass is 588 g/mol. The number of esters is 2. The van der Waals surface area contributed by atoms with Gasteiger partial charge in [0, 0.05) is 19.6 Å². The summed E-state index contributed by atoms with van der Waals surface area (Å²) in [6.45, 7) is 8.16. The average molecular weight is 589 g/mol. The van der Waals surface area contributed by atoms with Gasteiger partial charge in [-0.2, -0.15) is 12.5 Å². The van der Waals surface area contributed by atoms with Gasteiger partial charge in [-0.05, 0) is 64.8 Å². The molecule has 10 nitrogen and oxygen atoms in total. The molecule has 1 saturated heterocycles. The molecule has 2 aromatic carbocycles. The molecule has 0 atom stereocenters. The summed E-state index contributed by atoms with van der Waals surface area (Å²) in [5.74, 6) is -0.846. The minimum absolute atomic E-state index is 0.125. The smallest absolute Gasteiger partial charge is 0.338 e. The van der Waals surface area contributed by atoms with Gasteiger partial charge in [-0.25, -0.2) is 9.59 Å². The summed E-state index contributed by atoms with van der Waals surface area (Å²) in [5, 5.41) is 5.59. The van der Waals surface area contributed by atoms with E-state index in [1.165, 1.54) is 0 Å². The van der Waals surface area contributed by atoms with E-state index in [-0.39, 0.29) is 18.1 Å². The van der Waals surface area contributed by atoms with Gasteiger partial charge in [-0.1, -0.05) is 35.4 Å². The van der Waals surface area contributed by atoms with E-state index >= 15 is 0 Å². The highest BCUT2D eigenvalue weighted by Crippen LogP contribution is 2.49. The average Bonchev–Trinajstić information content (AvgIpc) is 3.56. The Morgan fingerprint density at radius 2 is 1.65 bits per heavy atom. The van der Waals surface area contributed by atoms with Crippen molar-refractivity contribution in [1.82, 2.24) is 14.1 Å². The number of benzene rings is 2. The number of aryl methyl sites for hydroxylation is 1. The number of fused-ring (bicyclic) bond motifs is 1. The zero-order valence-electron chi connectivity index (χ0n) is 23.0. The van der Waals surface area contributed by atoms with Crippen LogP contribution in [0.15, 0.2) is 47.4 Å². The van der Waals surface area contributed by atoms with Gasteiger partial charge < -0.3 is 14.4 Å². The molecule has 3 aromatic rings. The molecule has 12 heteroatoms. The molecule has 1 aliphatic carbocycles. The molecular weight excluding hydrogens is 556 g/mol. The fourth-order valence-corrected chi connectivity index (χ4v) is 6.94. The van der Waals surface area contributed by atoms with Crippen molar-refractivity contribution < 1.29 is 27.5 Å². The molecule has 5 rings (SSSR count). The van der Waals surface area contributed by atoms with Crippen molar-refractivity contribution in [2.45, 2.75) is 56.5 Å². The fourth-order valence-electron chi connectivity index (χ4n) is 5.41. The Balaban J connectivity index is 1.56. The van der Waals surface area contributed by atoms with Gasteiger partial charge in [0.05, 0.1) is 39.6 Å². The van der Waals surface area contributed by atoms with E-state index in [0.717, 1.165) is 22.5 Å². The number of ether oxygens (including phenoxy) is 2. The van der Waals surface area contributed by atoms with Crippen LogP contribution in [0.4, 0.5) is 5.82 Å². The van der Waals surface area contributed by atoms with Crippen LogP contribution in [-0.4, -0.2) is 78.4 Å². The lowest BCUT2D eigenvalue weighted by Gasteiger charge is -2.47. The van der Waals surface area contributed by atoms with Crippen molar-refractivity contribution in [3.05, 3.63) is 53.1 Å². The molecule has 0 amide bonds. The molecule has 1 spiro atoms. The normalized spacial score (nSPS) is 17.3. The Labute approximate surface area is 238 Å². The van der Waals surface area contributed by atoms with E-state index in [9.17, 15) is 18.0 Å². The highest BCUT2D eigenvalue weighted by atomic mass is 35.5. The topological polar surface area (TPSA) is 111 Å². The first-order valence-electron chi connectivity index (χ1n) is 13.4. The van der Waals surface area contributed by atoms with E-state index in [1.807, 2.05) is 11.8 Å². The third-order valence-electron chi connectivity index (χ3n) is 7.87. The fraction of sp³-hybridized carbons (Fsp3) is 0.464. The van der Waals surface area contributed by atoms with Crippen LogP contribution in [0.2, 0.25) is 5.02 Å². The van der Waals surface area contributed by atoms with Crippen LogP contribution in [0.3, 0.4) is 0 Å². The maximum Gasteiger partial charge on any atom is 0.338 e. The number of nitrogens with zero attached hydrogens (tertiary/aromatic N) is 4. The zero-order valence-corrected chi connectivity index (χ0v) is 24.6. The van der Waals surface area contributed by atoms with Gasteiger partial charge >= 0.3 is 11.9 Å². The van der Waals surface area contributed by atoms with Crippen LogP contribution >= 0.6 is 11.6 Å². The molecule has 1 saturated carbocycles. The summed E-state index contributed by atoms with van der Waals surface area (Å²) in [6, 6.07) is 11.7. The maximum absolute atomic E-state index is 13.7. The molecule has 40 heavy (non-hydrogen) atoms. The number of hydrogen-bond donors (Lipinski definition) is 0. The summed E-state index contributed by atoms with van der Waals surface area (Å²) in [7, 11) is -4.02. The Hall–Kier alpha value is -3.15. The lowest BCUT2D eigenvalue weighted by Crippen LogP contribution is -2.67. The quantitative estimate of drug-likeness (QED) is 0.287. The largest absolute Gasteiger partial charge is 0.464 e. The summed E-state index contributed by atoms with van der Waals surface area (Å²) >= 11 is 6.67. The third kappa shape index (κ3) is 4.53. The van der Waals surface area contributed by atoms with Crippen LogP contribution in [-0.2, 0) is 29.1 Å². The van der Waals surface area contributed by atoms with Crippen molar-refractivity contribution in [3.8, 4) is 0 Å². The van der Waals surface area contributed by atoms with Crippen LogP contribution in [0.25, 0.3) is 10.9 Å². The second-order valence-electron chi connectivity index (χ2n) is 10.4. The van der Waals surface area contributed by atoms with Gasteiger partial charge in [-0.15, -0.1) is 5.10 Å². The van der Waals surface area contributed by atoms with Crippen molar-refractivity contribution >= 4 is 50.3 Å². The predicted octanol–water partition coefficient (Wildman–Crippen LogP) is 3.77. The molecule has 2 fully saturated rings. The van der Waals surface area contributed by atoms with E-state index in [4.69, 9.17) is 21.1 Å². The summed E-state index contributed by atoms with van der Waals surface area (Å²) in [5.41, 5.74) is -0.748. The second kappa shape index (κ2) is 10.4. The molecule has 2 aliphatic rings. The first kappa shape index (κ1) is 28.4. The molecule has 0 bridgehead atoms. The molecule has 214 valence electrons. The maximum atomic E-state index is 13.7. The number of carbonyl (C=O) groups excluding carboxylic acids is 2. The summed E-state index contributed by atoms with van der Waals surface area (Å²) < 4.78 is 39.1. The Bertz CT molecular complexity index is 1550. The Morgan fingerprint density at radius 1 is 1.02 bits per heavy atom. The second-order valence-corrected chi connectivity index (χ2v) is 12.6. The predicted molar refractivity (Wildman–Crippen MR) is 151 cm³/mol. The number of rotatable bonds is 8. The minimum Gasteiger partial charge on any atom is -0.464 e. The van der Waals surface area contributed by atoms with Crippen LogP contribution in [0.5, 0.6) is 0 Å². The van der Waals surface area contributed by atoms with Gasteiger partial charge in [0.25, 0.3) is 10.0 Å². The SMILES string of the molecule is CCOC(=O)C(C)(C(=O)OCC)N1CCN(c2nn(S(=O)(=O)c3ccc(C)cc3)c3cccc(Cl)c23)C2(CC2)C1. The standard InChI is InChI=1S/C28H33ClN4O6S/c1-5-38-25(34)27(4,26(35)39-6-2)31-16-17-32(28(18-31)14-15-28)24-23-21(29)8-7-9-22(23)33(30-24)40(36,37)20-12-10-19(3)11-13-20/h7-13H,5-6,14-18H2,1-4H3. The third-order valence-corrected chi connectivity index (χ3v) is 9.78. The van der Waals surface area contributed by atoms with Gasteiger partial charge in [0.15, 0.2) is 5.82 Å². The zero-order chi connectivity index (χ0) is 28.9. The lowest BCUT2D eigenvalue weighted by atomic mass is 9.96. The van der Waals surface area contributed by atoms with Crippen LogP contribution < -0.4 is 4.90 Å². The van der Waals surface area contributed by atoms with Gasteiger partial charge in [0.2, 0.25) is 5.54 Å². The lowest BCUT2D eigenvalue weighted by molar-refractivity contribution is -0.174. The molecule has 1 aromatic heterocycles. The highest BCUT2D eigenvalue weighted by molar-refractivity contribution is 7.90. The molecular formula is C28H33ClN4O6S. The van der Waals surface area contributed by atoms with Gasteiger partial charge in [0.1, 0.15) is 0 Å². The Kier molecular flexibility index (Phi) is 7.35. The van der Waals surface area contributed by atoms with Crippen molar-refractivity contribution in [1.29, 1.82) is 0 Å². The number of carbonyl (C=O) groups is 2. The number of halogens is 1. The molecule has 0 unspecified atom stereocenters. The van der Waals surface area contributed by atoms with E-state index in [2.05, 4.69) is 10.00 Å². The van der Waals surface area contributed by atoms with Gasteiger partial charge in [-0.3, -0.25) is 4.90 Å². The molecule has 1 aliphatic heterocycles. The Morgan fingerprint density at radius 3 is 2.23 bits per heavy atom. The minimum atomic E-state index is -4.02. The van der Waals surface area contributed by atoms with E-state index < -0.39 is 33.0 Å². The van der Waals surface area contributed by atoms with Crippen LogP contribution in [0, 0.1) is 6.92 Å². The number of anilines is 1. The first-order chi connectivity index (χ1) is 19.0. The number of hydrogen-bond acceptors (Lipinski definition) is 9. The van der Waals surface area contributed by atoms with E-state index in [1.54, 1.807) is 63.2 Å². The number of aromatic nitrogens is 2. The summed E-state index contributed by atoms with van der Waals surface area (Å²) in [4.78, 5) is 30.2. The van der Waals surface area contributed by atoms with Crippen LogP contribution in [0.1, 0.15) is 39.2 Å². The molecule has 2 heterocycles. The highest BCUT2D eigenvalue weighted by Gasteiger charge is 2.59. The molecule has 0 radical (unpaired) electrons. The van der Waals surface area contributed by atoms with Crippen molar-refractivity contribution in [3.63, 3.8) is 0 Å². The number of piperazine rings is 1. The van der Waals surface area contributed by atoms with Crippen molar-refractivity contribution in [2.24, 2.45) is 0 Å². The van der Waals surface area contributed by atoms with E-state index in [0.29, 0.717) is 41.4 Å². The van der Waals surface area contributed by atoms with Crippen molar-refractivity contribution in [2.75, 3.05) is 37.7 Å². The molecule has 0 N–H and O–H groups in total. The summed E-state index contributed by atoms with van der Waals surface area (Å²) in [6.07, 6.45) is 1.55.